The third kappa shape index (κ3) is 7.52. The molecule has 0 N–H and O–H groups in total. The molecular formula is C28H39ClFNO2S. The SMILES string of the molecule is CCCCCC(C)c1cccc(CC[C@H]2C(Cl)CC[C@@H]2CCCc2nc(F)c(C(=O)OC)s2)c1. The molecule has 3 rings (SSSR count). The minimum absolute atomic E-state index is 0.0287. The van der Waals surface area contributed by atoms with Gasteiger partial charge in [-0.2, -0.15) is 4.39 Å². The fraction of sp³-hybridized carbons (Fsp3) is 0.643. The summed E-state index contributed by atoms with van der Waals surface area (Å²) >= 11 is 7.86. The molecule has 188 valence electrons. The lowest BCUT2D eigenvalue weighted by Gasteiger charge is -2.22. The lowest BCUT2D eigenvalue weighted by molar-refractivity contribution is 0.0601. The van der Waals surface area contributed by atoms with Crippen LogP contribution < -0.4 is 0 Å². The number of esters is 1. The molecule has 1 saturated carbocycles. The maximum absolute atomic E-state index is 13.9. The van der Waals surface area contributed by atoms with E-state index in [1.54, 1.807) is 0 Å². The molecule has 0 radical (unpaired) electrons. The van der Waals surface area contributed by atoms with Gasteiger partial charge in [0.2, 0.25) is 5.95 Å². The van der Waals surface area contributed by atoms with Crippen molar-refractivity contribution in [3.63, 3.8) is 0 Å². The summed E-state index contributed by atoms with van der Waals surface area (Å²) in [5.41, 5.74) is 2.88. The van der Waals surface area contributed by atoms with Crippen LogP contribution in [0.3, 0.4) is 0 Å². The summed E-state index contributed by atoms with van der Waals surface area (Å²) in [6.07, 6.45) is 12.3. The average molecular weight is 508 g/mol. The third-order valence-electron chi connectivity index (χ3n) is 7.38. The summed E-state index contributed by atoms with van der Waals surface area (Å²) in [4.78, 5) is 15.5. The summed E-state index contributed by atoms with van der Waals surface area (Å²) < 4.78 is 18.5. The number of unbranched alkanes of at least 4 members (excludes halogenated alkanes) is 2. The van der Waals surface area contributed by atoms with Crippen LogP contribution in [-0.2, 0) is 17.6 Å². The zero-order valence-electron chi connectivity index (χ0n) is 20.8. The molecule has 3 nitrogen and oxygen atoms in total. The van der Waals surface area contributed by atoms with Gasteiger partial charge in [0.1, 0.15) is 0 Å². The number of nitrogens with zero attached hydrogens (tertiary/aromatic N) is 1. The van der Waals surface area contributed by atoms with E-state index in [1.165, 1.54) is 43.9 Å². The number of alkyl halides is 1. The first-order valence-electron chi connectivity index (χ1n) is 12.9. The van der Waals surface area contributed by atoms with Crippen molar-refractivity contribution in [3.05, 3.63) is 51.2 Å². The van der Waals surface area contributed by atoms with Crippen molar-refractivity contribution >= 4 is 28.9 Å². The van der Waals surface area contributed by atoms with Gasteiger partial charge in [0.05, 0.1) is 12.1 Å². The van der Waals surface area contributed by atoms with Crippen molar-refractivity contribution in [1.82, 2.24) is 4.98 Å². The fourth-order valence-corrected chi connectivity index (χ4v) is 6.67. The molecule has 1 aromatic heterocycles. The van der Waals surface area contributed by atoms with Crippen molar-refractivity contribution in [2.75, 3.05) is 7.11 Å². The van der Waals surface area contributed by atoms with E-state index in [0.717, 1.165) is 49.9 Å². The Morgan fingerprint density at radius 1 is 1.24 bits per heavy atom. The lowest BCUT2D eigenvalue weighted by Crippen LogP contribution is -2.16. The van der Waals surface area contributed by atoms with Gasteiger partial charge in [-0.25, -0.2) is 9.78 Å². The molecule has 2 unspecified atom stereocenters. The number of carbonyl (C=O) groups is 1. The van der Waals surface area contributed by atoms with E-state index in [1.807, 2.05) is 0 Å². The van der Waals surface area contributed by atoms with Crippen LogP contribution in [0.15, 0.2) is 24.3 Å². The Bertz CT molecular complexity index is 918. The number of methoxy groups -OCH3 is 1. The quantitative estimate of drug-likeness (QED) is 0.155. The highest BCUT2D eigenvalue weighted by molar-refractivity contribution is 7.13. The molecule has 1 fully saturated rings. The van der Waals surface area contributed by atoms with E-state index < -0.39 is 11.9 Å². The van der Waals surface area contributed by atoms with Crippen LogP contribution in [0.5, 0.6) is 0 Å². The highest BCUT2D eigenvalue weighted by Crippen LogP contribution is 2.41. The van der Waals surface area contributed by atoms with Crippen LogP contribution in [-0.4, -0.2) is 23.4 Å². The van der Waals surface area contributed by atoms with Crippen molar-refractivity contribution in [2.24, 2.45) is 11.8 Å². The Morgan fingerprint density at radius 2 is 2.06 bits per heavy atom. The van der Waals surface area contributed by atoms with Gasteiger partial charge in [-0.1, -0.05) is 57.4 Å². The highest BCUT2D eigenvalue weighted by Gasteiger charge is 2.34. The number of benzene rings is 1. The standard InChI is InChI=1S/C28H39ClFNO2S/c1-4-5-6-9-19(2)22-12-7-10-20(18-22)14-16-23-21(15-17-24(23)29)11-8-13-25-31-27(30)26(34-25)28(32)33-3/h7,10,12,18-19,21,23-24H,4-6,8-9,11,13-17H2,1-3H3/t19?,21-,23+,24?/m0/s1. The first-order valence-corrected chi connectivity index (χ1v) is 14.1. The topological polar surface area (TPSA) is 39.2 Å². The maximum atomic E-state index is 13.9. The summed E-state index contributed by atoms with van der Waals surface area (Å²) in [6, 6.07) is 9.14. The molecule has 6 heteroatoms. The smallest absolute Gasteiger partial charge is 0.352 e. The van der Waals surface area contributed by atoms with Gasteiger partial charge < -0.3 is 4.74 Å². The molecule has 1 aliphatic rings. The Hall–Kier alpha value is -1.46. The zero-order chi connectivity index (χ0) is 24.5. The second-order valence-corrected chi connectivity index (χ2v) is 11.5. The summed E-state index contributed by atoms with van der Waals surface area (Å²) in [7, 11) is 1.26. The Morgan fingerprint density at radius 3 is 2.82 bits per heavy atom. The van der Waals surface area contributed by atoms with Crippen molar-refractivity contribution < 1.29 is 13.9 Å². The number of rotatable bonds is 13. The molecule has 1 aliphatic carbocycles. The van der Waals surface area contributed by atoms with Gasteiger partial charge in [-0.05, 0) is 80.2 Å². The summed E-state index contributed by atoms with van der Waals surface area (Å²) in [5, 5.41) is 0.907. The molecular weight excluding hydrogens is 469 g/mol. The second-order valence-electron chi connectivity index (χ2n) is 9.81. The van der Waals surface area contributed by atoms with E-state index >= 15 is 0 Å². The average Bonchev–Trinajstić information content (AvgIpc) is 3.39. The van der Waals surface area contributed by atoms with Crippen LogP contribution in [0, 0.1) is 17.8 Å². The first kappa shape index (κ1) is 27.1. The number of thiazole rings is 1. The monoisotopic (exact) mass is 507 g/mol. The van der Waals surface area contributed by atoms with E-state index in [4.69, 9.17) is 11.6 Å². The molecule has 0 saturated heterocycles. The molecule has 0 bridgehead atoms. The van der Waals surface area contributed by atoms with Gasteiger partial charge in [0, 0.05) is 5.38 Å². The largest absolute Gasteiger partial charge is 0.465 e. The lowest BCUT2D eigenvalue weighted by atomic mass is 9.86. The Labute approximate surface area is 213 Å². The Kier molecular flexibility index (Phi) is 10.8. The molecule has 1 aromatic carbocycles. The molecule has 0 amide bonds. The van der Waals surface area contributed by atoms with E-state index in [-0.39, 0.29) is 10.3 Å². The highest BCUT2D eigenvalue weighted by atomic mass is 35.5. The van der Waals surface area contributed by atoms with Gasteiger partial charge >= 0.3 is 5.97 Å². The molecule has 4 atom stereocenters. The fourth-order valence-electron chi connectivity index (χ4n) is 5.31. The van der Waals surface area contributed by atoms with Crippen molar-refractivity contribution in [2.45, 2.75) is 95.8 Å². The summed E-state index contributed by atoms with van der Waals surface area (Å²) in [6.45, 7) is 4.60. The zero-order valence-corrected chi connectivity index (χ0v) is 22.4. The van der Waals surface area contributed by atoms with Crippen LogP contribution in [0.4, 0.5) is 4.39 Å². The molecule has 2 aromatic rings. The van der Waals surface area contributed by atoms with E-state index in [9.17, 15) is 9.18 Å². The first-order chi connectivity index (χ1) is 16.4. The summed E-state index contributed by atoms with van der Waals surface area (Å²) in [5.74, 6) is 0.367. The van der Waals surface area contributed by atoms with E-state index in [2.05, 4.69) is 47.8 Å². The van der Waals surface area contributed by atoms with Crippen LogP contribution in [0.1, 0.15) is 103 Å². The number of halogens is 2. The predicted molar refractivity (Wildman–Crippen MR) is 140 cm³/mol. The molecule has 0 aliphatic heterocycles. The maximum Gasteiger partial charge on any atom is 0.352 e. The van der Waals surface area contributed by atoms with Gasteiger partial charge in [-0.3, -0.25) is 0 Å². The predicted octanol–water partition coefficient (Wildman–Crippen LogP) is 8.34. The molecule has 34 heavy (non-hydrogen) atoms. The second kappa shape index (κ2) is 13.6. The number of hydrogen-bond acceptors (Lipinski definition) is 4. The normalized spacial score (nSPS) is 21.0. The number of aryl methyl sites for hydroxylation is 2. The molecule has 0 spiro atoms. The van der Waals surface area contributed by atoms with Crippen molar-refractivity contribution in [1.29, 1.82) is 0 Å². The van der Waals surface area contributed by atoms with Crippen LogP contribution >= 0.6 is 22.9 Å². The van der Waals surface area contributed by atoms with Crippen LogP contribution in [0.25, 0.3) is 0 Å². The Balaban J connectivity index is 1.50. The number of ether oxygens (including phenoxy) is 1. The third-order valence-corrected chi connectivity index (χ3v) is 8.99. The molecule has 1 heterocycles. The van der Waals surface area contributed by atoms with Crippen LogP contribution in [0.2, 0.25) is 0 Å². The van der Waals surface area contributed by atoms with Crippen molar-refractivity contribution in [3.8, 4) is 0 Å². The minimum atomic E-state index is -0.715. The minimum Gasteiger partial charge on any atom is -0.465 e. The number of carbonyl (C=O) groups excluding carboxylic acids is 1. The van der Waals surface area contributed by atoms with Gasteiger partial charge in [0.15, 0.2) is 4.88 Å². The van der Waals surface area contributed by atoms with Gasteiger partial charge in [0.25, 0.3) is 0 Å². The number of hydrogen-bond donors (Lipinski definition) is 0. The van der Waals surface area contributed by atoms with Gasteiger partial charge in [-0.15, -0.1) is 22.9 Å². The van der Waals surface area contributed by atoms with E-state index in [0.29, 0.717) is 29.2 Å². The number of aromatic nitrogens is 1.